The predicted molar refractivity (Wildman–Crippen MR) is 61.5 cm³/mol. The summed E-state index contributed by atoms with van der Waals surface area (Å²) in [6, 6.07) is 0. The maximum atomic E-state index is 11.5. The molecule has 0 aromatic rings. The summed E-state index contributed by atoms with van der Waals surface area (Å²) in [7, 11) is 0. The number of aliphatic carboxylic acids is 1. The molecule has 92 valence electrons. The minimum atomic E-state index is -1.06. The fourth-order valence-electron chi connectivity index (χ4n) is 2.14. The first-order valence-corrected chi connectivity index (χ1v) is 6.24. The predicted octanol–water partition coefficient (Wildman–Crippen LogP) is 1.91. The Balaban J connectivity index is 2.70. The molecule has 0 spiro atoms. The summed E-state index contributed by atoms with van der Waals surface area (Å²) in [5, 5.41) is 11.9. The lowest BCUT2D eigenvalue weighted by Crippen LogP contribution is -2.54. The minimum absolute atomic E-state index is 0.177. The van der Waals surface area contributed by atoms with Crippen molar-refractivity contribution in [3.05, 3.63) is 0 Å². The molecule has 1 saturated carbocycles. The van der Waals surface area contributed by atoms with E-state index in [1.807, 2.05) is 0 Å². The van der Waals surface area contributed by atoms with Crippen LogP contribution >= 0.6 is 11.6 Å². The van der Waals surface area contributed by atoms with Crippen LogP contribution in [0.1, 0.15) is 44.9 Å². The van der Waals surface area contributed by atoms with Crippen LogP contribution in [0.5, 0.6) is 0 Å². The van der Waals surface area contributed by atoms with Gasteiger partial charge in [0, 0.05) is 12.3 Å². The second-order valence-corrected chi connectivity index (χ2v) is 4.67. The third-order valence-electron chi connectivity index (χ3n) is 3.07. The van der Waals surface area contributed by atoms with Crippen LogP contribution in [0.4, 0.5) is 0 Å². The summed E-state index contributed by atoms with van der Waals surface area (Å²) < 4.78 is 0. The highest BCUT2D eigenvalue weighted by molar-refractivity contribution is 6.19. The largest absolute Gasteiger partial charge is 0.480 e. The lowest BCUT2D eigenvalue weighted by molar-refractivity contribution is -0.148. The first kappa shape index (κ1) is 13.3. The molecule has 1 amide bonds. The SMILES string of the molecule is O=C(CCCl)NC1(C(=O)O)CCCCCC1. The van der Waals surface area contributed by atoms with Gasteiger partial charge in [0.05, 0.1) is 0 Å². The highest BCUT2D eigenvalue weighted by atomic mass is 35.5. The maximum absolute atomic E-state index is 11.5. The second-order valence-electron chi connectivity index (χ2n) is 4.29. The Bertz CT molecular complexity index is 260. The number of carboxylic acid groups (broad SMARTS) is 1. The van der Waals surface area contributed by atoms with E-state index in [4.69, 9.17) is 11.6 Å². The molecule has 0 unspecified atom stereocenters. The Hall–Kier alpha value is -0.770. The summed E-state index contributed by atoms with van der Waals surface area (Å²) in [5.74, 6) is -0.960. The number of carbonyl (C=O) groups excluding carboxylic acids is 1. The molecule has 5 heteroatoms. The third-order valence-corrected chi connectivity index (χ3v) is 3.26. The van der Waals surface area contributed by atoms with Gasteiger partial charge in [-0.3, -0.25) is 4.79 Å². The zero-order valence-electron chi connectivity index (χ0n) is 9.30. The molecular formula is C11H18ClNO3. The average Bonchev–Trinajstić information content (AvgIpc) is 2.44. The van der Waals surface area contributed by atoms with Crippen LogP contribution < -0.4 is 5.32 Å². The van der Waals surface area contributed by atoms with Crippen molar-refractivity contribution < 1.29 is 14.7 Å². The van der Waals surface area contributed by atoms with Crippen molar-refractivity contribution >= 4 is 23.5 Å². The van der Waals surface area contributed by atoms with Gasteiger partial charge < -0.3 is 10.4 Å². The van der Waals surface area contributed by atoms with Crippen molar-refractivity contribution in [2.45, 2.75) is 50.5 Å². The zero-order valence-corrected chi connectivity index (χ0v) is 10.1. The molecule has 1 rings (SSSR count). The number of hydrogen-bond donors (Lipinski definition) is 2. The van der Waals surface area contributed by atoms with Gasteiger partial charge in [0.1, 0.15) is 5.54 Å². The van der Waals surface area contributed by atoms with Gasteiger partial charge in [-0.2, -0.15) is 0 Å². The molecule has 1 aliphatic rings. The molecule has 0 radical (unpaired) electrons. The monoisotopic (exact) mass is 247 g/mol. The third kappa shape index (κ3) is 3.37. The van der Waals surface area contributed by atoms with Crippen molar-refractivity contribution in [2.24, 2.45) is 0 Å². The van der Waals surface area contributed by atoms with E-state index in [1.54, 1.807) is 0 Å². The Morgan fingerprint density at radius 1 is 1.19 bits per heavy atom. The summed E-state index contributed by atoms with van der Waals surface area (Å²) in [6.45, 7) is 0. The normalized spacial score (nSPS) is 19.8. The molecule has 0 bridgehead atoms. The van der Waals surface area contributed by atoms with Crippen LogP contribution in [0.25, 0.3) is 0 Å². The summed E-state index contributed by atoms with van der Waals surface area (Å²) in [4.78, 5) is 22.8. The van der Waals surface area contributed by atoms with Gasteiger partial charge in [0.25, 0.3) is 0 Å². The molecule has 1 aliphatic carbocycles. The number of hydrogen-bond acceptors (Lipinski definition) is 2. The zero-order chi connectivity index (χ0) is 12.0. The first-order valence-electron chi connectivity index (χ1n) is 5.71. The van der Waals surface area contributed by atoms with Crippen LogP contribution in [0.15, 0.2) is 0 Å². The highest BCUT2D eigenvalue weighted by Crippen LogP contribution is 2.27. The van der Waals surface area contributed by atoms with Gasteiger partial charge in [0.2, 0.25) is 5.91 Å². The molecular weight excluding hydrogens is 230 g/mol. The van der Waals surface area contributed by atoms with Gasteiger partial charge in [-0.25, -0.2) is 4.79 Å². The summed E-state index contributed by atoms with van der Waals surface area (Å²) in [6.07, 6.45) is 5.02. The van der Waals surface area contributed by atoms with Crippen molar-refractivity contribution in [2.75, 3.05) is 5.88 Å². The lowest BCUT2D eigenvalue weighted by Gasteiger charge is -2.29. The van der Waals surface area contributed by atoms with Crippen LogP contribution in [0.3, 0.4) is 0 Å². The fourth-order valence-corrected chi connectivity index (χ4v) is 2.31. The van der Waals surface area contributed by atoms with E-state index < -0.39 is 11.5 Å². The average molecular weight is 248 g/mol. The number of nitrogens with one attached hydrogen (secondary N) is 1. The quantitative estimate of drug-likeness (QED) is 0.589. The van der Waals surface area contributed by atoms with Crippen LogP contribution in [-0.2, 0) is 9.59 Å². The van der Waals surface area contributed by atoms with Crippen molar-refractivity contribution in [1.82, 2.24) is 5.32 Å². The van der Waals surface area contributed by atoms with Crippen molar-refractivity contribution in [3.8, 4) is 0 Å². The minimum Gasteiger partial charge on any atom is -0.480 e. The molecule has 0 aliphatic heterocycles. The molecule has 16 heavy (non-hydrogen) atoms. The molecule has 4 nitrogen and oxygen atoms in total. The Morgan fingerprint density at radius 3 is 2.19 bits per heavy atom. The Labute approximate surface area is 100 Å². The van der Waals surface area contributed by atoms with E-state index in [9.17, 15) is 14.7 Å². The molecule has 0 aromatic carbocycles. The molecule has 1 fully saturated rings. The van der Waals surface area contributed by atoms with E-state index >= 15 is 0 Å². The molecule has 0 aromatic heterocycles. The number of halogens is 1. The van der Waals surface area contributed by atoms with Crippen molar-refractivity contribution in [1.29, 1.82) is 0 Å². The topological polar surface area (TPSA) is 66.4 Å². The van der Waals surface area contributed by atoms with Crippen LogP contribution in [0.2, 0.25) is 0 Å². The summed E-state index contributed by atoms with van der Waals surface area (Å²) in [5.41, 5.74) is -1.06. The van der Waals surface area contributed by atoms with Gasteiger partial charge in [-0.15, -0.1) is 11.6 Å². The van der Waals surface area contributed by atoms with Crippen molar-refractivity contribution in [3.63, 3.8) is 0 Å². The Morgan fingerprint density at radius 2 is 1.75 bits per heavy atom. The van der Waals surface area contributed by atoms with E-state index in [-0.39, 0.29) is 18.2 Å². The van der Waals surface area contributed by atoms with E-state index in [0.717, 1.165) is 25.7 Å². The van der Waals surface area contributed by atoms with Gasteiger partial charge >= 0.3 is 5.97 Å². The van der Waals surface area contributed by atoms with E-state index in [0.29, 0.717) is 12.8 Å². The number of carboxylic acids is 1. The van der Waals surface area contributed by atoms with Crippen LogP contribution in [-0.4, -0.2) is 28.4 Å². The molecule has 0 saturated heterocycles. The lowest BCUT2D eigenvalue weighted by atomic mass is 9.90. The maximum Gasteiger partial charge on any atom is 0.329 e. The van der Waals surface area contributed by atoms with E-state index in [1.165, 1.54) is 0 Å². The number of carbonyl (C=O) groups is 2. The van der Waals surface area contributed by atoms with Gasteiger partial charge in [-0.1, -0.05) is 25.7 Å². The number of alkyl halides is 1. The fraction of sp³-hybridized carbons (Fsp3) is 0.818. The van der Waals surface area contributed by atoms with Gasteiger partial charge in [-0.05, 0) is 12.8 Å². The van der Waals surface area contributed by atoms with Crippen LogP contribution in [0, 0.1) is 0 Å². The smallest absolute Gasteiger partial charge is 0.329 e. The molecule has 0 heterocycles. The van der Waals surface area contributed by atoms with E-state index in [2.05, 4.69) is 5.32 Å². The van der Waals surface area contributed by atoms with Gasteiger partial charge in [0.15, 0.2) is 0 Å². The molecule has 2 N–H and O–H groups in total. The standard InChI is InChI=1S/C11H18ClNO3/c12-8-5-9(14)13-11(10(15)16)6-3-1-2-4-7-11/h1-8H2,(H,13,14)(H,15,16). The highest BCUT2D eigenvalue weighted by Gasteiger charge is 2.39. The molecule has 0 atom stereocenters. The first-order chi connectivity index (χ1) is 7.60. The summed E-state index contributed by atoms with van der Waals surface area (Å²) >= 11 is 5.46. The number of rotatable bonds is 4. The Kier molecular flexibility index (Phi) is 5.06. The second kappa shape index (κ2) is 6.09. The number of amides is 1.